The molecule has 0 saturated heterocycles. The molecule has 0 fully saturated rings. The Morgan fingerprint density at radius 2 is 1.50 bits per heavy atom. The van der Waals surface area contributed by atoms with E-state index >= 15 is 0 Å². The van der Waals surface area contributed by atoms with Gasteiger partial charge in [-0.15, -0.1) is 0 Å². The van der Waals surface area contributed by atoms with Crippen molar-refractivity contribution in [2.75, 3.05) is 6.61 Å². The Morgan fingerprint density at radius 3 is 2.24 bits per heavy atom. The van der Waals surface area contributed by atoms with Crippen molar-refractivity contribution in [3.63, 3.8) is 0 Å². The highest BCUT2D eigenvalue weighted by molar-refractivity contribution is 6.33. The van der Waals surface area contributed by atoms with Gasteiger partial charge in [-0.25, -0.2) is 9.59 Å². The molecule has 1 aromatic heterocycles. The SMILES string of the molecule is CCOC(=O)c1c(-c2ccccc2)oc2c1cc(OC(=O)c1ccccc1Cl)c1ccccc12. The summed E-state index contributed by atoms with van der Waals surface area (Å²) in [5.74, 6) is -0.425. The average molecular weight is 471 g/mol. The number of benzene rings is 4. The number of esters is 2. The van der Waals surface area contributed by atoms with Crippen LogP contribution in [0.3, 0.4) is 0 Å². The Hall–Kier alpha value is -4.09. The Morgan fingerprint density at radius 1 is 0.824 bits per heavy atom. The van der Waals surface area contributed by atoms with Crippen LogP contribution < -0.4 is 4.74 Å². The maximum absolute atomic E-state index is 13.0. The first-order valence-corrected chi connectivity index (χ1v) is 11.1. The molecule has 1 heterocycles. The number of halogens is 1. The fourth-order valence-electron chi connectivity index (χ4n) is 3.95. The van der Waals surface area contributed by atoms with Crippen LogP contribution in [-0.4, -0.2) is 18.5 Å². The molecule has 0 unspecified atom stereocenters. The van der Waals surface area contributed by atoms with E-state index in [2.05, 4.69) is 0 Å². The van der Waals surface area contributed by atoms with Crippen LogP contribution in [0.15, 0.2) is 89.3 Å². The third-order valence-corrected chi connectivity index (χ3v) is 5.80. The van der Waals surface area contributed by atoms with Gasteiger partial charge in [0.05, 0.1) is 17.2 Å². The van der Waals surface area contributed by atoms with Gasteiger partial charge in [-0.05, 0) is 25.1 Å². The van der Waals surface area contributed by atoms with E-state index in [4.69, 9.17) is 25.5 Å². The van der Waals surface area contributed by atoms with Crippen molar-refractivity contribution in [1.82, 2.24) is 0 Å². The number of hydrogen-bond donors (Lipinski definition) is 0. The van der Waals surface area contributed by atoms with Crippen molar-refractivity contribution < 1.29 is 23.5 Å². The van der Waals surface area contributed by atoms with Gasteiger partial charge in [0.25, 0.3) is 0 Å². The summed E-state index contributed by atoms with van der Waals surface area (Å²) in [6, 6.07) is 25.1. The van der Waals surface area contributed by atoms with Crippen molar-refractivity contribution in [3.8, 4) is 17.1 Å². The van der Waals surface area contributed by atoms with Crippen LogP contribution in [0.2, 0.25) is 5.02 Å². The second kappa shape index (κ2) is 9.04. The number of rotatable bonds is 5. The standard InChI is InChI=1S/C28H19ClO5/c1-2-32-28(31)24-21-16-23(33-27(30)20-14-8-9-15-22(20)29)18-12-6-7-13-19(18)26(21)34-25(24)17-10-4-3-5-11-17/h3-16H,2H2,1H3. The highest BCUT2D eigenvalue weighted by Gasteiger charge is 2.26. The van der Waals surface area contributed by atoms with Gasteiger partial charge in [0.1, 0.15) is 22.7 Å². The minimum atomic E-state index is -0.598. The molecular weight excluding hydrogens is 452 g/mol. The van der Waals surface area contributed by atoms with Crippen LogP contribution >= 0.6 is 11.6 Å². The number of carbonyl (C=O) groups is 2. The van der Waals surface area contributed by atoms with E-state index in [0.717, 1.165) is 5.56 Å². The second-order valence-electron chi connectivity index (χ2n) is 7.56. The number of furan rings is 1. The van der Waals surface area contributed by atoms with Crippen LogP contribution in [0, 0.1) is 0 Å². The lowest BCUT2D eigenvalue weighted by Gasteiger charge is -2.10. The highest BCUT2D eigenvalue weighted by atomic mass is 35.5. The summed E-state index contributed by atoms with van der Waals surface area (Å²) < 4.78 is 17.4. The summed E-state index contributed by atoms with van der Waals surface area (Å²) in [6.07, 6.45) is 0. The smallest absolute Gasteiger partial charge is 0.345 e. The van der Waals surface area contributed by atoms with Gasteiger partial charge in [0.2, 0.25) is 0 Å². The topological polar surface area (TPSA) is 65.7 Å². The molecule has 0 saturated carbocycles. The first-order valence-electron chi connectivity index (χ1n) is 10.8. The number of ether oxygens (including phenoxy) is 2. The summed E-state index contributed by atoms with van der Waals surface area (Å²) in [4.78, 5) is 26.0. The zero-order valence-corrected chi connectivity index (χ0v) is 19.0. The van der Waals surface area contributed by atoms with Gasteiger partial charge in [0, 0.05) is 21.7 Å². The molecule has 0 amide bonds. The highest BCUT2D eigenvalue weighted by Crippen LogP contribution is 2.41. The van der Waals surface area contributed by atoms with Gasteiger partial charge < -0.3 is 13.9 Å². The van der Waals surface area contributed by atoms with Crippen molar-refractivity contribution in [2.45, 2.75) is 6.92 Å². The molecule has 0 bridgehead atoms. The van der Waals surface area contributed by atoms with Crippen molar-refractivity contribution in [3.05, 3.63) is 101 Å². The lowest BCUT2D eigenvalue weighted by molar-refractivity contribution is 0.0528. The molecule has 0 aliphatic rings. The minimum absolute atomic E-state index is 0.210. The van der Waals surface area contributed by atoms with Crippen LogP contribution in [-0.2, 0) is 4.74 Å². The van der Waals surface area contributed by atoms with Crippen molar-refractivity contribution in [2.24, 2.45) is 0 Å². The van der Waals surface area contributed by atoms with Crippen LogP contribution in [0.5, 0.6) is 5.75 Å². The van der Waals surface area contributed by atoms with Gasteiger partial charge in [0.15, 0.2) is 0 Å². The molecule has 34 heavy (non-hydrogen) atoms. The van der Waals surface area contributed by atoms with Crippen LogP contribution in [0.25, 0.3) is 33.1 Å². The molecule has 6 heteroatoms. The lowest BCUT2D eigenvalue weighted by atomic mass is 10.0. The Bertz CT molecular complexity index is 1540. The van der Waals surface area contributed by atoms with Gasteiger partial charge in [-0.2, -0.15) is 0 Å². The normalized spacial score (nSPS) is 11.0. The fourth-order valence-corrected chi connectivity index (χ4v) is 4.16. The average Bonchev–Trinajstić information content (AvgIpc) is 3.25. The van der Waals surface area contributed by atoms with Crippen LogP contribution in [0.4, 0.5) is 0 Å². The summed E-state index contributed by atoms with van der Waals surface area (Å²) in [5, 5.41) is 2.16. The Kier molecular flexibility index (Phi) is 5.78. The molecule has 168 valence electrons. The lowest BCUT2D eigenvalue weighted by Crippen LogP contribution is -2.09. The molecule has 5 rings (SSSR count). The predicted octanol–water partition coefficient (Wildman–Crippen LogP) is 7.30. The fraction of sp³-hybridized carbons (Fsp3) is 0.0714. The molecule has 5 aromatic rings. The van der Waals surface area contributed by atoms with E-state index in [-0.39, 0.29) is 17.7 Å². The Labute approximate surface area is 200 Å². The molecule has 0 aliphatic carbocycles. The number of carbonyl (C=O) groups excluding carboxylic acids is 2. The Balaban J connectivity index is 1.76. The molecule has 4 aromatic carbocycles. The summed E-state index contributed by atoms with van der Waals surface area (Å²) >= 11 is 6.19. The summed E-state index contributed by atoms with van der Waals surface area (Å²) in [5.41, 5.74) is 1.77. The third kappa shape index (κ3) is 3.80. The van der Waals surface area contributed by atoms with Gasteiger partial charge in [-0.3, -0.25) is 0 Å². The molecule has 0 spiro atoms. The molecular formula is C28H19ClO5. The van der Waals surface area contributed by atoms with E-state index in [1.54, 1.807) is 37.3 Å². The maximum atomic E-state index is 13.0. The predicted molar refractivity (Wildman–Crippen MR) is 132 cm³/mol. The zero-order chi connectivity index (χ0) is 23.7. The van der Waals surface area contributed by atoms with E-state index in [1.165, 1.54) is 0 Å². The van der Waals surface area contributed by atoms with Gasteiger partial charge in [-0.1, -0.05) is 78.3 Å². The quantitative estimate of drug-likeness (QED) is 0.199. The molecule has 0 radical (unpaired) electrons. The van der Waals surface area contributed by atoms with E-state index in [9.17, 15) is 9.59 Å². The largest absolute Gasteiger partial charge is 0.462 e. The molecule has 0 atom stereocenters. The summed E-state index contributed by atoms with van der Waals surface area (Å²) in [6.45, 7) is 1.95. The third-order valence-electron chi connectivity index (χ3n) is 5.47. The monoisotopic (exact) mass is 470 g/mol. The van der Waals surface area contributed by atoms with Crippen LogP contribution in [0.1, 0.15) is 27.6 Å². The van der Waals surface area contributed by atoms with E-state index < -0.39 is 11.9 Å². The second-order valence-corrected chi connectivity index (χ2v) is 7.97. The number of fused-ring (bicyclic) bond motifs is 3. The maximum Gasteiger partial charge on any atom is 0.345 e. The first kappa shape index (κ1) is 21.7. The molecule has 5 nitrogen and oxygen atoms in total. The zero-order valence-electron chi connectivity index (χ0n) is 18.2. The van der Waals surface area contributed by atoms with Crippen molar-refractivity contribution in [1.29, 1.82) is 0 Å². The van der Waals surface area contributed by atoms with Crippen molar-refractivity contribution >= 4 is 45.3 Å². The molecule has 0 aliphatic heterocycles. The first-order chi connectivity index (χ1) is 16.6. The van der Waals surface area contributed by atoms with E-state index in [0.29, 0.717) is 38.3 Å². The van der Waals surface area contributed by atoms with Gasteiger partial charge >= 0.3 is 11.9 Å². The van der Waals surface area contributed by atoms with E-state index in [1.807, 2.05) is 54.6 Å². The summed E-state index contributed by atoms with van der Waals surface area (Å²) in [7, 11) is 0. The minimum Gasteiger partial charge on any atom is -0.462 e. The molecule has 0 N–H and O–H groups in total. The number of hydrogen-bond acceptors (Lipinski definition) is 5.